The number of hydrogen-bond acceptors (Lipinski definition) is 2. The van der Waals surface area contributed by atoms with Crippen LogP contribution in [0, 0.1) is 10.8 Å². The summed E-state index contributed by atoms with van der Waals surface area (Å²) in [7, 11) is 0. The predicted molar refractivity (Wildman–Crippen MR) is 90.7 cm³/mol. The number of hydrogen-bond donors (Lipinski definition) is 0. The third-order valence-corrected chi connectivity index (χ3v) is 6.00. The molecule has 0 aromatic heterocycles. The monoisotopic (exact) mass is 399 g/mol. The Morgan fingerprint density at radius 3 is 1.82 bits per heavy atom. The van der Waals surface area contributed by atoms with Crippen LogP contribution >= 0.6 is 0 Å². The molecule has 0 unspecified atom stereocenters. The molecular formula is C19H15F6N3. The molecule has 0 N–H and O–H groups in total. The highest BCUT2D eigenvalue weighted by Gasteiger charge is 2.60. The molecule has 0 radical (unpaired) electrons. The third-order valence-electron chi connectivity index (χ3n) is 6.00. The number of alkyl halides is 6. The lowest BCUT2D eigenvalue weighted by Gasteiger charge is -2.22. The van der Waals surface area contributed by atoms with Gasteiger partial charge in [-0.05, 0) is 50.3 Å². The van der Waals surface area contributed by atoms with Crippen LogP contribution in [0.4, 0.5) is 26.3 Å². The van der Waals surface area contributed by atoms with Crippen LogP contribution in [0.1, 0.15) is 48.8 Å². The Kier molecular flexibility index (Phi) is 3.35. The summed E-state index contributed by atoms with van der Waals surface area (Å²) in [6.07, 6.45) is -5.39. The van der Waals surface area contributed by atoms with Crippen molar-refractivity contribution in [3.8, 4) is 0 Å². The normalized spacial score (nSPS) is 25.7. The first kappa shape index (κ1) is 17.9. The Bertz CT molecular complexity index is 927. The van der Waals surface area contributed by atoms with E-state index in [0.29, 0.717) is 24.5 Å². The summed E-state index contributed by atoms with van der Waals surface area (Å²) in [5.74, 6) is 0.392. The van der Waals surface area contributed by atoms with E-state index in [4.69, 9.17) is 0 Å². The number of rotatable bonds is 1. The Morgan fingerprint density at radius 2 is 1.43 bits per heavy atom. The zero-order chi connectivity index (χ0) is 19.9. The Labute approximate surface area is 156 Å². The molecule has 0 amide bonds. The van der Waals surface area contributed by atoms with Gasteiger partial charge >= 0.3 is 12.4 Å². The van der Waals surface area contributed by atoms with Crippen LogP contribution in [0.15, 0.2) is 33.2 Å². The van der Waals surface area contributed by atoms with Crippen molar-refractivity contribution in [3.63, 3.8) is 0 Å². The number of benzene rings is 1. The van der Waals surface area contributed by atoms with Crippen LogP contribution < -0.4 is 0 Å². The summed E-state index contributed by atoms with van der Waals surface area (Å²) < 4.78 is 79.3. The van der Waals surface area contributed by atoms with Crippen molar-refractivity contribution in [2.45, 2.75) is 44.5 Å². The quantitative estimate of drug-likeness (QED) is 0.350. The maximum Gasteiger partial charge on any atom is 0.416 e. The summed E-state index contributed by atoms with van der Waals surface area (Å²) in [6.45, 7) is 0.607. The largest absolute Gasteiger partial charge is 0.416 e. The van der Waals surface area contributed by atoms with Crippen molar-refractivity contribution < 1.29 is 26.3 Å². The number of nitrogens with zero attached hydrogens (tertiary/aromatic N) is 3. The molecule has 148 valence electrons. The molecule has 3 saturated carbocycles. The number of amidine groups is 2. The Balaban J connectivity index is 1.62. The van der Waals surface area contributed by atoms with E-state index in [1.807, 2.05) is 0 Å². The van der Waals surface area contributed by atoms with Crippen molar-refractivity contribution in [3.05, 3.63) is 34.9 Å². The molecule has 0 saturated heterocycles. The molecule has 4 aliphatic rings. The van der Waals surface area contributed by atoms with Gasteiger partial charge in [-0.1, -0.05) is 0 Å². The van der Waals surface area contributed by atoms with Gasteiger partial charge in [0.05, 0.1) is 17.7 Å². The van der Waals surface area contributed by atoms with Crippen molar-refractivity contribution >= 4 is 17.4 Å². The molecule has 1 aromatic rings. The molecule has 0 atom stereocenters. The lowest BCUT2D eigenvalue weighted by Crippen LogP contribution is -2.28. The molecule has 28 heavy (non-hydrogen) atoms. The highest BCUT2D eigenvalue weighted by Crippen LogP contribution is 2.63. The first-order valence-electron chi connectivity index (χ1n) is 9.03. The van der Waals surface area contributed by atoms with E-state index < -0.39 is 23.5 Å². The molecule has 3 fully saturated rings. The zero-order valence-corrected chi connectivity index (χ0v) is 14.6. The molecule has 1 aliphatic heterocycles. The minimum Gasteiger partial charge on any atom is -0.269 e. The molecule has 3 nitrogen and oxygen atoms in total. The molecule has 3 aliphatic carbocycles. The fraction of sp³-hybridized carbons (Fsp3) is 0.526. The third kappa shape index (κ3) is 2.95. The standard InChI is InChI=1S/C19H15F6N3/c20-18(21,22)11-5-10(6-12(7-11)19(23,24)25)14(27-13-8-16(13)1-2-16)28-15-17(3-4-17)9-26-15/h5-7H,1-4,8-9H2. The van der Waals surface area contributed by atoms with Crippen LogP contribution in [0.2, 0.25) is 0 Å². The highest BCUT2D eigenvalue weighted by molar-refractivity contribution is 6.19. The van der Waals surface area contributed by atoms with Gasteiger partial charge in [0, 0.05) is 22.1 Å². The highest BCUT2D eigenvalue weighted by atomic mass is 19.4. The van der Waals surface area contributed by atoms with Crippen LogP contribution in [0.25, 0.3) is 0 Å². The summed E-state index contributed by atoms with van der Waals surface area (Å²) in [5.41, 5.74) is -2.31. The zero-order valence-electron chi connectivity index (χ0n) is 14.6. The second-order valence-electron chi connectivity index (χ2n) is 8.17. The molecule has 1 heterocycles. The fourth-order valence-electron chi connectivity index (χ4n) is 3.58. The van der Waals surface area contributed by atoms with Crippen LogP contribution in [-0.4, -0.2) is 23.9 Å². The van der Waals surface area contributed by atoms with E-state index in [9.17, 15) is 26.3 Å². The second-order valence-corrected chi connectivity index (χ2v) is 8.17. The molecule has 9 heteroatoms. The van der Waals surface area contributed by atoms with E-state index in [1.54, 1.807) is 0 Å². The predicted octanol–water partition coefficient (Wildman–Crippen LogP) is 5.29. The summed E-state index contributed by atoms with van der Waals surface area (Å²) in [6, 6.07) is 1.51. The lowest BCUT2D eigenvalue weighted by atomic mass is 10.00. The van der Waals surface area contributed by atoms with Gasteiger partial charge in [-0.15, -0.1) is 0 Å². The van der Waals surface area contributed by atoms with Gasteiger partial charge in [-0.3, -0.25) is 4.99 Å². The van der Waals surface area contributed by atoms with Crippen molar-refractivity contribution in [1.82, 2.24) is 0 Å². The molecule has 2 spiro atoms. The molecule has 5 rings (SSSR count). The SMILES string of the molecule is FC(F)(F)c1cc(C(=NC2=NCC23CC3)N=C2CC23CC3)cc(C(F)(F)F)c1. The number of aliphatic imine (C=N–C) groups is 3. The van der Waals surface area contributed by atoms with Crippen LogP contribution in [-0.2, 0) is 12.4 Å². The molecule has 1 aromatic carbocycles. The molecular weight excluding hydrogens is 384 g/mol. The maximum atomic E-state index is 13.2. The van der Waals surface area contributed by atoms with Gasteiger partial charge in [0.15, 0.2) is 5.84 Å². The van der Waals surface area contributed by atoms with Gasteiger partial charge < -0.3 is 0 Å². The Morgan fingerprint density at radius 1 is 0.857 bits per heavy atom. The summed E-state index contributed by atoms with van der Waals surface area (Å²) >= 11 is 0. The maximum absolute atomic E-state index is 13.2. The van der Waals surface area contributed by atoms with E-state index in [0.717, 1.165) is 37.8 Å². The van der Waals surface area contributed by atoms with E-state index in [-0.39, 0.29) is 28.3 Å². The Hall–Kier alpha value is -2.19. The van der Waals surface area contributed by atoms with Gasteiger partial charge in [0.2, 0.25) is 0 Å². The first-order chi connectivity index (χ1) is 13.0. The van der Waals surface area contributed by atoms with Gasteiger partial charge in [-0.25, -0.2) is 9.98 Å². The van der Waals surface area contributed by atoms with Crippen LogP contribution in [0.3, 0.4) is 0 Å². The molecule has 0 bridgehead atoms. The van der Waals surface area contributed by atoms with E-state index >= 15 is 0 Å². The number of halogens is 6. The fourth-order valence-corrected chi connectivity index (χ4v) is 3.58. The van der Waals surface area contributed by atoms with Gasteiger partial charge in [0.25, 0.3) is 0 Å². The average molecular weight is 399 g/mol. The van der Waals surface area contributed by atoms with Gasteiger partial charge in [-0.2, -0.15) is 26.3 Å². The van der Waals surface area contributed by atoms with E-state index in [1.165, 1.54) is 0 Å². The average Bonchev–Trinajstić information content (AvgIpc) is 3.47. The van der Waals surface area contributed by atoms with Crippen molar-refractivity contribution in [2.24, 2.45) is 25.8 Å². The minimum absolute atomic E-state index is 0.0218. The van der Waals surface area contributed by atoms with Gasteiger partial charge in [0.1, 0.15) is 5.84 Å². The lowest BCUT2D eigenvalue weighted by molar-refractivity contribution is -0.143. The second kappa shape index (κ2) is 5.24. The smallest absolute Gasteiger partial charge is 0.269 e. The van der Waals surface area contributed by atoms with E-state index in [2.05, 4.69) is 15.0 Å². The summed E-state index contributed by atoms with van der Waals surface area (Å²) in [4.78, 5) is 12.9. The topological polar surface area (TPSA) is 37.1 Å². The summed E-state index contributed by atoms with van der Waals surface area (Å²) in [5, 5.41) is 0. The van der Waals surface area contributed by atoms with Crippen molar-refractivity contribution in [2.75, 3.05) is 6.54 Å². The van der Waals surface area contributed by atoms with Crippen LogP contribution in [0.5, 0.6) is 0 Å². The minimum atomic E-state index is -4.91. The first-order valence-corrected chi connectivity index (χ1v) is 9.03. The van der Waals surface area contributed by atoms with Crippen molar-refractivity contribution in [1.29, 1.82) is 0 Å².